The third-order valence-electron chi connectivity index (χ3n) is 4.04. The molecule has 0 bridgehead atoms. The van der Waals surface area contributed by atoms with Crippen molar-refractivity contribution in [3.63, 3.8) is 0 Å². The molecule has 0 aliphatic rings. The van der Waals surface area contributed by atoms with Crippen molar-refractivity contribution in [1.82, 2.24) is 4.90 Å². The Hall–Kier alpha value is -2.62. The number of carboxylic acid groups (broad SMARTS) is 1. The molecule has 2 rings (SSSR count). The van der Waals surface area contributed by atoms with E-state index in [9.17, 15) is 9.59 Å². The largest absolute Gasteiger partial charge is 0.481 e. The highest BCUT2D eigenvalue weighted by Gasteiger charge is 2.25. The normalized spacial score (nSPS) is 12.0. The number of benzene rings is 2. The average molecular weight is 325 g/mol. The van der Waals surface area contributed by atoms with Gasteiger partial charge in [-0.25, -0.2) is 0 Å². The monoisotopic (exact) mass is 325 g/mol. The van der Waals surface area contributed by atoms with Crippen molar-refractivity contribution in [2.24, 2.45) is 5.92 Å². The lowest BCUT2D eigenvalue weighted by Crippen LogP contribution is -2.34. The second-order valence-corrected chi connectivity index (χ2v) is 6.29. The first-order chi connectivity index (χ1) is 11.4. The van der Waals surface area contributed by atoms with Crippen LogP contribution in [-0.2, 0) is 11.2 Å². The SMILES string of the molecule is CC(C)C(c1ccccc1)N(C)C(=O)c1cccc(CC(=O)O)c1. The van der Waals surface area contributed by atoms with Crippen LogP contribution in [0.5, 0.6) is 0 Å². The topological polar surface area (TPSA) is 57.6 Å². The lowest BCUT2D eigenvalue weighted by Gasteiger charge is -2.32. The Morgan fingerprint density at radius 1 is 1.04 bits per heavy atom. The molecule has 1 unspecified atom stereocenters. The van der Waals surface area contributed by atoms with E-state index >= 15 is 0 Å². The van der Waals surface area contributed by atoms with Crippen LogP contribution in [0, 0.1) is 5.92 Å². The summed E-state index contributed by atoms with van der Waals surface area (Å²) in [5.41, 5.74) is 2.23. The smallest absolute Gasteiger partial charge is 0.307 e. The van der Waals surface area contributed by atoms with Crippen LogP contribution in [0.3, 0.4) is 0 Å². The van der Waals surface area contributed by atoms with Gasteiger partial charge in [-0.1, -0.05) is 56.3 Å². The predicted octanol–water partition coefficient (Wildman–Crippen LogP) is 3.78. The summed E-state index contributed by atoms with van der Waals surface area (Å²) in [5, 5.41) is 8.92. The fourth-order valence-corrected chi connectivity index (χ4v) is 3.02. The molecule has 2 aromatic carbocycles. The van der Waals surface area contributed by atoms with Gasteiger partial charge in [0.2, 0.25) is 0 Å². The van der Waals surface area contributed by atoms with Crippen LogP contribution in [0.2, 0.25) is 0 Å². The fourth-order valence-electron chi connectivity index (χ4n) is 3.02. The maximum Gasteiger partial charge on any atom is 0.307 e. The molecule has 2 aromatic rings. The van der Waals surface area contributed by atoms with Crippen molar-refractivity contribution in [3.05, 3.63) is 71.3 Å². The Bertz CT molecular complexity index is 710. The molecule has 0 aromatic heterocycles. The number of rotatable bonds is 6. The van der Waals surface area contributed by atoms with Crippen LogP contribution in [0.1, 0.15) is 41.4 Å². The Morgan fingerprint density at radius 2 is 1.71 bits per heavy atom. The van der Waals surface area contributed by atoms with Crippen LogP contribution >= 0.6 is 0 Å². The lowest BCUT2D eigenvalue weighted by atomic mass is 9.94. The maximum absolute atomic E-state index is 12.9. The molecule has 1 atom stereocenters. The first-order valence-corrected chi connectivity index (χ1v) is 8.03. The number of carbonyl (C=O) groups is 2. The molecule has 0 saturated heterocycles. The van der Waals surface area contributed by atoms with E-state index in [0.717, 1.165) is 5.56 Å². The van der Waals surface area contributed by atoms with Gasteiger partial charge in [0.1, 0.15) is 0 Å². The maximum atomic E-state index is 12.9. The molecule has 0 aliphatic heterocycles. The highest BCUT2D eigenvalue weighted by Crippen LogP contribution is 2.28. The quantitative estimate of drug-likeness (QED) is 0.879. The summed E-state index contributed by atoms with van der Waals surface area (Å²) in [5.74, 6) is -0.759. The Labute approximate surface area is 142 Å². The van der Waals surface area contributed by atoms with Crippen molar-refractivity contribution in [3.8, 4) is 0 Å². The summed E-state index contributed by atoms with van der Waals surface area (Å²) in [6, 6.07) is 16.7. The molecular weight excluding hydrogens is 302 g/mol. The van der Waals surface area contributed by atoms with E-state index in [0.29, 0.717) is 11.1 Å². The van der Waals surface area contributed by atoms with Gasteiger partial charge in [-0.2, -0.15) is 0 Å². The molecule has 1 amide bonds. The summed E-state index contributed by atoms with van der Waals surface area (Å²) in [6.45, 7) is 4.17. The second-order valence-electron chi connectivity index (χ2n) is 6.29. The van der Waals surface area contributed by atoms with Crippen LogP contribution in [0.15, 0.2) is 54.6 Å². The number of hydrogen-bond acceptors (Lipinski definition) is 2. The summed E-state index contributed by atoms with van der Waals surface area (Å²) in [7, 11) is 1.80. The molecule has 1 N–H and O–H groups in total. The number of carbonyl (C=O) groups excluding carboxylic acids is 1. The van der Waals surface area contributed by atoms with Crippen LogP contribution < -0.4 is 0 Å². The minimum Gasteiger partial charge on any atom is -0.481 e. The third-order valence-corrected chi connectivity index (χ3v) is 4.04. The molecule has 0 fully saturated rings. The van der Waals surface area contributed by atoms with E-state index in [1.165, 1.54) is 0 Å². The van der Waals surface area contributed by atoms with Crippen LogP contribution in [0.4, 0.5) is 0 Å². The molecule has 0 aliphatic carbocycles. The van der Waals surface area contributed by atoms with Gasteiger partial charge < -0.3 is 10.0 Å². The number of hydrogen-bond donors (Lipinski definition) is 1. The van der Waals surface area contributed by atoms with Gasteiger partial charge >= 0.3 is 5.97 Å². The number of amides is 1. The third kappa shape index (κ3) is 4.22. The van der Waals surface area contributed by atoms with Gasteiger partial charge in [0, 0.05) is 12.6 Å². The highest BCUT2D eigenvalue weighted by molar-refractivity contribution is 5.94. The molecule has 4 nitrogen and oxygen atoms in total. The van der Waals surface area contributed by atoms with Gasteiger partial charge in [0.15, 0.2) is 0 Å². The second kappa shape index (κ2) is 7.77. The Morgan fingerprint density at radius 3 is 2.29 bits per heavy atom. The zero-order valence-electron chi connectivity index (χ0n) is 14.3. The van der Waals surface area contributed by atoms with E-state index in [1.807, 2.05) is 30.3 Å². The first-order valence-electron chi connectivity index (χ1n) is 8.03. The van der Waals surface area contributed by atoms with Crippen molar-refractivity contribution >= 4 is 11.9 Å². The number of nitrogens with zero attached hydrogens (tertiary/aromatic N) is 1. The zero-order chi connectivity index (χ0) is 17.7. The molecule has 0 radical (unpaired) electrons. The molecule has 24 heavy (non-hydrogen) atoms. The summed E-state index contributed by atoms with van der Waals surface area (Å²) < 4.78 is 0. The minimum absolute atomic E-state index is 0.0400. The molecule has 4 heteroatoms. The van der Waals surface area contributed by atoms with Crippen LogP contribution in [-0.4, -0.2) is 28.9 Å². The van der Waals surface area contributed by atoms with E-state index in [1.54, 1.807) is 36.2 Å². The molecule has 0 heterocycles. The fraction of sp³-hybridized carbons (Fsp3) is 0.300. The minimum atomic E-state index is -0.905. The van der Waals surface area contributed by atoms with Crippen LogP contribution in [0.25, 0.3) is 0 Å². The van der Waals surface area contributed by atoms with Crippen molar-refractivity contribution in [2.75, 3.05) is 7.05 Å². The summed E-state index contributed by atoms with van der Waals surface area (Å²) >= 11 is 0. The lowest BCUT2D eigenvalue weighted by molar-refractivity contribution is -0.136. The summed E-state index contributed by atoms with van der Waals surface area (Å²) in [4.78, 5) is 25.5. The number of aliphatic carboxylic acids is 1. The molecule has 126 valence electrons. The molecule has 0 saturated carbocycles. The summed E-state index contributed by atoms with van der Waals surface area (Å²) in [6.07, 6.45) is -0.0862. The Balaban J connectivity index is 2.28. The van der Waals surface area contributed by atoms with Gasteiger partial charge in [-0.3, -0.25) is 9.59 Å². The average Bonchev–Trinajstić information content (AvgIpc) is 2.54. The van der Waals surface area contributed by atoms with Gasteiger partial charge in [-0.15, -0.1) is 0 Å². The van der Waals surface area contributed by atoms with E-state index < -0.39 is 5.97 Å². The predicted molar refractivity (Wildman–Crippen MR) is 93.9 cm³/mol. The van der Waals surface area contributed by atoms with Crippen molar-refractivity contribution in [1.29, 1.82) is 0 Å². The van der Waals surface area contributed by atoms with Crippen molar-refractivity contribution < 1.29 is 14.7 Å². The number of carboxylic acids is 1. The van der Waals surface area contributed by atoms with E-state index in [4.69, 9.17) is 5.11 Å². The van der Waals surface area contributed by atoms with E-state index in [2.05, 4.69) is 13.8 Å². The Kier molecular flexibility index (Phi) is 5.74. The molecular formula is C20H23NO3. The zero-order valence-corrected chi connectivity index (χ0v) is 14.3. The standard InChI is InChI=1S/C20H23NO3/c1-14(2)19(16-9-5-4-6-10-16)21(3)20(24)17-11-7-8-15(12-17)13-18(22)23/h4-12,14,19H,13H2,1-3H3,(H,22,23). The van der Waals surface area contributed by atoms with Gasteiger partial charge in [0.25, 0.3) is 5.91 Å². The first kappa shape index (κ1) is 17.7. The van der Waals surface area contributed by atoms with Gasteiger partial charge in [0.05, 0.1) is 12.5 Å². The van der Waals surface area contributed by atoms with Crippen molar-refractivity contribution in [2.45, 2.75) is 26.3 Å². The molecule has 0 spiro atoms. The van der Waals surface area contributed by atoms with Gasteiger partial charge in [-0.05, 0) is 29.2 Å². The van der Waals surface area contributed by atoms with E-state index in [-0.39, 0.29) is 24.3 Å². The highest BCUT2D eigenvalue weighted by atomic mass is 16.4.